The maximum absolute atomic E-state index is 14.7. The number of aliphatic hydroxyl groups is 1. The van der Waals surface area contributed by atoms with Crippen LogP contribution in [0.4, 0.5) is 18.9 Å². The fourth-order valence-corrected chi connectivity index (χ4v) is 5.47. The molecule has 0 radical (unpaired) electrons. The Morgan fingerprint density at radius 3 is 2.30 bits per heavy atom. The molecule has 174 valence electrons. The summed E-state index contributed by atoms with van der Waals surface area (Å²) < 4.78 is 42.8. The van der Waals surface area contributed by atoms with E-state index in [4.69, 9.17) is 0 Å². The second-order valence-corrected chi connectivity index (χ2v) is 9.28. The first-order valence-corrected chi connectivity index (χ1v) is 11.1. The Balaban J connectivity index is 1.27. The third kappa shape index (κ3) is 4.74. The summed E-state index contributed by atoms with van der Waals surface area (Å²) in [5.74, 6) is -0.806. The van der Waals surface area contributed by atoms with E-state index < -0.39 is 17.2 Å². The average molecular weight is 458 g/mol. The molecule has 0 spiro atoms. The molecule has 2 heterocycles. The maximum atomic E-state index is 14.7. The molecule has 1 saturated heterocycles. The quantitative estimate of drug-likeness (QED) is 0.569. The normalized spacial score (nSPS) is 24.5. The molecular weight excluding hydrogens is 431 g/mol. The van der Waals surface area contributed by atoms with Crippen LogP contribution in [0.15, 0.2) is 55.1 Å². The van der Waals surface area contributed by atoms with Crippen molar-refractivity contribution >= 4 is 5.69 Å². The van der Waals surface area contributed by atoms with Crippen molar-refractivity contribution < 1.29 is 18.3 Å². The summed E-state index contributed by atoms with van der Waals surface area (Å²) in [6.45, 7) is 1.79. The Kier molecular flexibility index (Phi) is 5.84. The van der Waals surface area contributed by atoms with Crippen LogP contribution in [-0.2, 0) is 12.1 Å². The van der Waals surface area contributed by atoms with Gasteiger partial charge >= 0.3 is 0 Å². The van der Waals surface area contributed by atoms with Crippen LogP contribution in [0.5, 0.6) is 0 Å². The molecule has 2 N–H and O–H groups in total. The Morgan fingerprint density at radius 2 is 1.67 bits per heavy atom. The zero-order valence-corrected chi connectivity index (χ0v) is 18.0. The van der Waals surface area contributed by atoms with Crippen molar-refractivity contribution in [1.29, 1.82) is 0 Å². The zero-order valence-electron chi connectivity index (χ0n) is 18.0. The number of β-amino-alcohol motifs (C(OH)–C–C–N with tert-alkyl or cyclic N) is 1. The number of anilines is 1. The highest BCUT2D eigenvalue weighted by Crippen LogP contribution is 2.40. The molecule has 2 fully saturated rings. The number of hydrogen-bond donors (Lipinski definition) is 2. The number of rotatable bonds is 7. The van der Waals surface area contributed by atoms with Crippen LogP contribution in [0.25, 0.3) is 0 Å². The van der Waals surface area contributed by atoms with Gasteiger partial charge in [0, 0.05) is 43.0 Å². The third-order valence-electron chi connectivity index (χ3n) is 6.85. The minimum atomic E-state index is -1.59. The lowest BCUT2D eigenvalue weighted by Crippen LogP contribution is -2.44. The molecule has 1 saturated carbocycles. The summed E-state index contributed by atoms with van der Waals surface area (Å²) in [4.78, 5) is 6.06. The Hall–Kier alpha value is -2.91. The predicted molar refractivity (Wildman–Crippen MR) is 117 cm³/mol. The van der Waals surface area contributed by atoms with Crippen molar-refractivity contribution in [3.63, 3.8) is 0 Å². The second kappa shape index (κ2) is 8.79. The summed E-state index contributed by atoms with van der Waals surface area (Å²) in [7, 11) is 0. The van der Waals surface area contributed by atoms with E-state index in [2.05, 4.69) is 20.3 Å². The van der Waals surface area contributed by atoms with Crippen LogP contribution in [-0.4, -0.2) is 50.4 Å². The van der Waals surface area contributed by atoms with Gasteiger partial charge in [0.2, 0.25) is 0 Å². The van der Waals surface area contributed by atoms with Gasteiger partial charge in [0.1, 0.15) is 35.7 Å². The number of hydrogen-bond acceptors (Lipinski definition) is 5. The van der Waals surface area contributed by atoms with Crippen LogP contribution in [0.2, 0.25) is 0 Å². The lowest BCUT2D eigenvalue weighted by atomic mass is 9.92. The van der Waals surface area contributed by atoms with E-state index in [0.717, 1.165) is 43.8 Å². The molecular formula is C24H26F3N5O. The topological polar surface area (TPSA) is 66.2 Å². The molecule has 3 aromatic rings. The van der Waals surface area contributed by atoms with Crippen molar-refractivity contribution in [3.05, 3.63) is 78.1 Å². The lowest BCUT2D eigenvalue weighted by molar-refractivity contribution is -0.0180. The van der Waals surface area contributed by atoms with Gasteiger partial charge < -0.3 is 10.4 Å². The lowest BCUT2D eigenvalue weighted by Gasteiger charge is -2.33. The number of nitrogens with one attached hydrogen (secondary N) is 1. The molecule has 9 heteroatoms. The van der Waals surface area contributed by atoms with Gasteiger partial charge in [0.05, 0.1) is 6.54 Å². The first-order valence-electron chi connectivity index (χ1n) is 11.1. The number of nitrogens with zero attached hydrogens (tertiary/aromatic N) is 4. The molecule has 0 amide bonds. The summed E-state index contributed by atoms with van der Waals surface area (Å²) >= 11 is 0. The van der Waals surface area contributed by atoms with E-state index >= 15 is 0 Å². The van der Waals surface area contributed by atoms with E-state index in [9.17, 15) is 18.3 Å². The average Bonchev–Trinajstić information content (AvgIpc) is 3.46. The summed E-state index contributed by atoms with van der Waals surface area (Å²) in [6.07, 6.45) is 4.78. The minimum absolute atomic E-state index is 0.0101. The highest BCUT2D eigenvalue weighted by molar-refractivity contribution is 5.44. The summed E-state index contributed by atoms with van der Waals surface area (Å²) in [5, 5.41) is 19.1. The summed E-state index contributed by atoms with van der Waals surface area (Å²) in [6, 6.07) is 9.97. The fourth-order valence-electron chi connectivity index (χ4n) is 5.47. The van der Waals surface area contributed by atoms with Gasteiger partial charge in [-0.3, -0.25) is 4.90 Å². The van der Waals surface area contributed by atoms with Gasteiger partial charge in [-0.2, -0.15) is 5.10 Å². The smallest absolute Gasteiger partial charge is 0.137 e. The van der Waals surface area contributed by atoms with E-state index in [1.807, 2.05) is 0 Å². The van der Waals surface area contributed by atoms with Crippen molar-refractivity contribution in [1.82, 2.24) is 19.7 Å². The van der Waals surface area contributed by atoms with E-state index in [1.165, 1.54) is 35.5 Å². The van der Waals surface area contributed by atoms with Crippen molar-refractivity contribution in [2.24, 2.45) is 11.8 Å². The molecule has 1 aliphatic carbocycles. The second-order valence-electron chi connectivity index (χ2n) is 9.28. The van der Waals surface area contributed by atoms with Crippen LogP contribution in [0.3, 0.4) is 0 Å². The van der Waals surface area contributed by atoms with E-state index in [-0.39, 0.29) is 24.5 Å². The third-order valence-corrected chi connectivity index (χ3v) is 6.85. The van der Waals surface area contributed by atoms with Crippen LogP contribution < -0.4 is 5.32 Å². The van der Waals surface area contributed by atoms with Crippen molar-refractivity contribution in [2.45, 2.75) is 31.0 Å². The Bertz CT molecular complexity index is 1080. The highest BCUT2D eigenvalue weighted by Gasteiger charge is 2.44. The number of aromatic nitrogens is 3. The van der Waals surface area contributed by atoms with Crippen LogP contribution in [0.1, 0.15) is 18.4 Å². The summed E-state index contributed by atoms with van der Waals surface area (Å²) in [5.41, 5.74) is -0.630. The number of fused-ring (bicyclic) bond motifs is 1. The molecule has 0 bridgehead atoms. The van der Waals surface area contributed by atoms with Crippen molar-refractivity contribution in [3.8, 4) is 0 Å². The Labute approximate surface area is 190 Å². The van der Waals surface area contributed by atoms with Gasteiger partial charge in [-0.25, -0.2) is 22.8 Å². The molecule has 5 rings (SSSR count). The van der Waals surface area contributed by atoms with E-state index in [1.54, 1.807) is 12.1 Å². The van der Waals surface area contributed by atoms with Gasteiger partial charge in [-0.15, -0.1) is 0 Å². The highest BCUT2D eigenvalue weighted by atomic mass is 19.1. The molecule has 2 aliphatic rings. The molecule has 6 nitrogen and oxygen atoms in total. The zero-order chi connectivity index (χ0) is 23.0. The minimum Gasteiger partial charge on any atom is -0.382 e. The van der Waals surface area contributed by atoms with Crippen LogP contribution >= 0.6 is 0 Å². The van der Waals surface area contributed by atoms with Crippen LogP contribution in [0, 0.1) is 29.3 Å². The van der Waals surface area contributed by atoms with Gasteiger partial charge in [-0.05, 0) is 55.0 Å². The molecule has 2 aromatic carbocycles. The Morgan fingerprint density at radius 1 is 0.970 bits per heavy atom. The van der Waals surface area contributed by atoms with E-state index in [0.29, 0.717) is 17.9 Å². The largest absolute Gasteiger partial charge is 0.382 e. The van der Waals surface area contributed by atoms with Gasteiger partial charge in [0.15, 0.2) is 0 Å². The standard InChI is InChI=1S/C24H26F3N5O/c25-18-1-4-20(5-2-18)30-21-7-16-10-31(11-17(16)8-21)12-24(33,13-32-15-28-14-29-32)22-6-3-19(26)9-23(22)27/h1-6,9,14-17,21,30,33H,7-8,10-13H2. The number of halogens is 3. The number of benzene rings is 2. The maximum Gasteiger partial charge on any atom is 0.137 e. The first kappa shape index (κ1) is 21.9. The van der Waals surface area contributed by atoms with Gasteiger partial charge in [-0.1, -0.05) is 6.07 Å². The number of likely N-dealkylation sites (tertiary alicyclic amines) is 1. The molecule has 3 atom stereocenters. The first-order chi connectivity index (χ1) is 15.9. The van der Waals surface area contributed by atoms with Gasteiger partial charge in [0.25, 0.3) is 0 Å². The molecule has 1 aromatic heterocycles. The fraction of sp³-hybridized carbons (Fsp3) is 0.417. The molecule has 33 heavy (non-hydrogen) atoms. The molecule has 1 aliphatic heterocycles. The monoisotopic (exact) mass is 457 g/mol. The van der Waals surface area contributed by atoms with Crippen molar-refractivity contribution in [2.75, 3.05) is 25.0 Å². The molecule has 3 unspecified atom stereocenters. The SMILES string of the molecule is OC(CN1CC2CC(Nc3ccc(F)cc3)CC2C1)(Cn1cncn1)c1ccc(F)cc1F. The predicted octanol–water partition coefficient (Wildman–Crippen LogP) is 3.41.